The Morgan fingerprint density at radius 1 is 0.279 bits per heavy atom. The molecule has 0 aliphatic carbocycles. The number of phenolic OH excluding ortho intramolecular Hbond substituents is 5. The fourth-order valence-corrected chi connectivity index (χ4v) is 9.47. The monoisotopic (exact) mass is 1840 g/mol. The first-order chi connectivity index (χ1) is 59.2. The number of halogens is 9. The molecule has 0 aliphatic rings. The molecule has 0 aromatic heterocycles. The molecule has 9 unspecified atom stereocenters. The number of methoxy groups -OCH3 is 3. The third-order valence-electron chi connectivity index (χ3n) is 23.8. The van der Waals surface area contributed by atoms with Crippen LogP contribution in [0.4, 0.5) is 39.5 Å². The Labute approximate surface area is 768 Å². The summed E-state index contributed by atoms with van der Waals surface area (Å²) in [5.41, 5.74) is -1.09. The maximum Gasteiger partial charge on any atom is 0.420 e. The highest BCUT2D eigenvalue weighted by Crippen LogP contribution is 2.50. The summed E-state index contributed by atoms with van der Waals surface area (Å²) < 4.78 is 136. The summed E-state index contributed by atoms with van der Waals surface area (Å²) in [6.45, 7) is 51.7. The van der Waals surface area contributed by atoms with Gasteiger partial charge in [-0.15, -0.1) is 0 Å². The third kappa shape index (κ3) is 51.4. The van der Waals surface area contributed by atoms with Crippen LogP contribution in [0.2, 0.25) is 0 Å². The van der Waals surface area contributed by atoms with E-state index in [9.17, 15) is 63.5 Å². The zero-order chi connectivity index (χ0) is 102. The first kappa shape index (κ1) is 128. The molecule has 6 aromatic rings. The van der Waals surface area contributed by atoms with E-state index in [-0.39, 0.29) is 34.2 Å². The second kappa shape index (κ2) is 62.4. The molecular weight excluding hydrogens is 1680 g/mol. The molecule has 0 fully saturated rings. The fraction of sp³-hybridized carbons (Fsp3) is 0.606. The lowest BCUT2D eigenvalue weighted by molar-refractivity contribution is -0.299. The molecular formula is C104H163F9O16. The van der Waals surface area contributed by atoms with E-state index >= 15 is 0 Å². The normalized spacial score (nSPS) is 13.9. The van der Waals surface area contributed by atoms with E-state index in [1.807, 2.05) is 123 Å². The van der Waals surface area contributed by atoms with Gasteiger partial charge in [-0.2, -0.15) is 39.5 Å². The van der Waals surface area contributed by atoms with Crippen molar-refractivity contribution >= 4 is 29.8 Å². The van der Waals surface area contributed by atoms with Gasteiger partial charge in [0.2, 0.25) is 0 Å². The van der Waals surface area contributed by atoms with Crippen molar-refractivity contribution in [2.45, 2.75) is 338 Å². The maximum absolute atomic E-state index is 13.0. The Morgan fingerprint density at radius 2 is 0.457 bits per heavy atom. The molecule has 0 radical (unpaired) electrons. The third-order valence-corrected chi connectivity index (χ3v) is 23.8. The van der Waals surface area contributed by atoms with Gasteiger partial charge in [0.15, 0.2) is 5.60 Å². The summed E-state index contributed by atoms with van der Waals surface area (Å²) in [5.74, 6) is 0.603. The van der Waals surface area contributed by atoms with Gasteiger partial charge in [-0.05, 0) is 283 Å². The summed E-state index contributed by atoms with van der Waals surface area (Å²) >= 11 is 0. The molecule has 16 nitrogen and oxygen atoms in total. The van der Waals surface area contributed by atoms with Gasteiger partial charge in [0.1, 0.15) is 47.4 Å². The van der Waals surface area contributed by atoms with Crippen LogP contribution in [-0.2, 0) is 47.7 Å². The molecule has 0 aliphatic heterocycles. The van der Waals surface area contributed by atoms with Crippen LogP contribution in [0.3, 0.4) is 0 Å². The molecule has 6 N–H and O–H groups in total. The minimum Gasteiger partial charge on any atom is -0.508 e. The van der Waals surface area contributed by atoms with Crippen molar-refractivity contribution in [3.8, 4) is 28.7 Å². The smallest absolute Gasteiger partial charge is 0.420 e. The second-order valence-electron chi connectivity index (χ2n) is 36.0. The fourth-order valence-electron chi connectivity index (χ4n) is 9.47. The van der Waals surface area contributed by atoms with Crippen LogP contribution in [0.5, 0.6) is 28.7 Å². The van der Waals surface area contributed by atoms with Gasteiger partial charge in [0.05, 0.1) is 54.3 Å². The number of esters is 5. The Bertz CT molecular complexity index is 3590. The zero-order valence-electron chi connectivity index (χ0n) is 83.8. The quantitative estimate of drug-likeness (QED) is 0.0159. The van der Waals surface area contributed by atoms with Crippen molar-refractivity contribution in [2.75, 3.05) is 34.5 Å². The van der Waals surface area contributed by atoms with E-state index in [4.69, 9.17) is 30.6 Å². The minimum absolute atomic E-state index is 0.134. The lowest BCUT2D eigenvalue weighted by atomic mass is 9.77. The zero-order valence-corrected chi connectivity index (χ0v) is 83.8. The highest BCUT2D eigenvalue weighted by molar-refractivity contribution is 5.77. The molecule has 0 saturated heterocycles. The molecule has 0 saturated carbocycles. The van der Waals surface area contributed by atoms with E-state index < -0.39 is 71.4 Å². The molecule has 0 heterocycles. The van der Waals surface area contributed by atoms with Crippen LogP contribution in [0.25, 0.3) is 0 Å². The van der Waals surface area contributed by atoms with Crippen molar-refractivity contribution < 1.29 is 118 Å². The van der Waals surface area contributed by atoms with Crippen molar-refractivity contribution in [1.82, 2.24) is 0 Å². The van der Waals surface area contributed by atoms with Crippen LogP contribution in [-0.4, -0.2) is 119 Å². The van der Waals surface area contributed by atoms with Crippen LogP contribution in [0.1, 0.15) is 347 Å². The first-order valence-electron chi connectivity index (χ1n) is 44.7. The minimum atomic E-state index is -5.15. The number of aromatic hydroxyl groups is 5. The Morgan fingerprint density at radius 3 is 0.605 bits per heavy atom. The van der Waals surface area contributed by atoms with Crippen LogP contribution < -0.4 is 0 Å². The summed E-state index contributed by atoms with van der Waals surface area (Å²) in [7, 11) is 4.25. The average molecular weight is 1840 g/mol. The van der Waals surface area contributed by atoms with Gasteiger partial charge in [0, 0.05) is 0 Å². The van der Waals surface area contributed by atoms with Crippen LogP contribution >= 0.6 is 0 Å². The Kier molecular flexibility index (Phi) is 62.1. The largest absolute Gasteiger partial charge is 0.508 e. The van der Waals surface area contributed by atoms with E-state index in [0.29, 0.717) is 97.9 Å². The van der Waals surface area contributed by atoms with Crippen LogP contribution in [0, 0.1) is 38.4 Å². The van der Waals surface area contributed by atoms with Gasteiger partial charge in [-0.1, -0.05) is 216 Å². The predicted molar refractivity (Wildman–Crippen MR) is 504 cm³/mol. The van der Waals surface area contributed by atoms with E-state index in [0.717, 1.165) is 51.4 Å². The molecule has 25 heteroatoms. The summed E-state index contributed by atoms with van der Waals surface area (Å²) in [6, 6.07) is 47.8. The molecule has 6 aromatic carbocycles. The number of aliphatic hydroxyl groups is 1. The standard InChI is InChI=1S/C13H20F6O2.C10H17F3O3.5C10H14O.C10H14.3C7H14O2/c1-6-10(3,4)9(20)21-7-11(5,13(17,18)19)8(2)12(14,15)16;1-5-8(2,3)7(14)16-6-9(4,15)10(11,12)13;5*1-3-8(2)9-4-6-10(11)7-5-9;1-3-9(2)10-7-5-4-6-8-10;3*1-5-7(2,3)6(8)9-4/h8H,6-7H2,1-5H3;15H,5-6H2,1-4H3;5*4-8,11H,3H2,1-2H3;4-9H,3H2,1-2H3;3*5H2,1-4H3. The molecule has 738 valence electrons. The molecule has 0 bridgehead atoms. The summed E-state index contributed by atoms with van der Waals surface area (Å²) in [5, 5.41) is 54.1. The number of hydrogen-bond donors (Lipinski definition) is 6. The van der Waals surface area contributed by atoms with Crippen molar-refractivity contribution in [3.05, 3.63) is 185 Å². The number of ether oxygens (including phenoxy) is 5. The number of hydrogen-bond acceptors (Lipinski definition) is 16. The van der Waals surface area contributed by atoms with Gasteiger partial charge in [-0.3, -0.25) is 24.0 Å². The lowest BCUT2D eigenvalue weighted by Crippen LogP contribution is -2.50. The average Bonchev–Trinajstić information content (AvgIpc) is 0.772. The highest BCUT2D eigenvalue weighted by Gasteiger charge is 2.63. The maximum atomic E-state index is 13.0. The molecule has 0 amide bonds. The molecule has 129 heavy (non-hydrogen) atoms. The summed E-state index contributed by atoms with van der Waals surface area (Å²) in [6.07, 6.45) is -4.87. The first-order valence-corrected chi connectivity index (χ1v) is 44.7. The molecule has 9 atom stereocenters. The van der Waals surface area contributed by atoms with Gasteiger partial charge < -0.3 is 54.3 Å². The van der Waals surface area contributed by atoms with Crippen molar-refractivity contribution in [1.29, 1.82) is 0 Å². The van der Waals surface area contributed by atoms with Crippen molar-refractivity contribution in [3.63, 3.8) is 0 Å². The van der Waals surface area contributed by atoms with Gasteiger partial charge >= 0.3 is 48.4 Å². The number of phenols is 5. The van der Waals surface area contributed by atoms with E-state index in [1.54, 1.807) is 88.4 Å². The van der Waals surface area contributed by atoms with Crippen LogP contribution in [0.15, 0.2) is 152 Å². The predicted octanol–water partition coefficient (Wildman–Crippen LogP) is 29.5. The summed E-state index contributed by atoms with van der Waals surface area (Å²) in [4.78, 5) is 55.6. The van der Waals surface area contributed by atoms with E-state index in [1.165, 1.54) is 75.0 Å². The Balaban J connectivity index is -0.000000441. The number of alkyl halides is 9. The van der Waals surface area contributed by atoms with Gasteiger partial charge in [-0.25, -0.2) is 0 Å². The highest BCUT2D eigenvalue weighted by atomic mass is 19.4. The molecule has 0 spiro atoms. The number of carbonyl (C=O) groups is 5. The Hall–Kier alpha value is -9.00. The van der Waals surface area contributed by atoms with Crippen molar-refractivity contribution in [2.24, 2.45) is 38.4 Å². The topological polar surface area (TPSA) is 253 Å². The lowest BCUT2D eigenvalue weighted by Gasteiger charge is -2.38. The second-order valence-corrected chi connectivity index (χ2v) is 36.0. The number of benzene rings is 6. The SMILES string of the molecule is CCC(C)(C)C(=O)OC.CCC(C)(C)C(=O)OC.CCC(C)(C)C(=O)OC.CCC(C)(C)C(=O)OCC(C)(C(C)C(F)(F)F)C(F)(F)F.CCC(C)(C)C(=O)OCC(C)(O)C(F)(F)F.CCC(C)c1ccc(O)cc1.CCC(C)c1ccc(O)cc1.CCC(C)c1ccc(O)cc1.CCC(C)c1ccc(O)cc1.CCC(C)c1ccc(O)cc1.CCC(C)c1ccccc1. The van der Waals surface area contributed by atoms with Gasteiger partial charge in [0.25, 0.3) is 0 Å². The number of rotatable bonds is 27. The molecule has 6 rings (SSSR count). The van der Waals surface area contributed by atoms with E-state index in [2.05, 4.69) is 137 Å². The number of carbonyl (C=O) groups excluding carboxylic acids is 5.